The first-order valence-corrected chi connectivity index (χ1v) is 15.5. The first kappa shape index (κ1) is 33.4. The van der Waals surface area contributed by atoms with Crippen LogP contribution in [0.4, 0.5) is 0 Å². The van der Waals surface area contributed by atoms with E-state index in [1.165, 1.54) is 14.2 Å². The fraction of sp³-hybridized carbons (Fsp3) is 0.457. The molecule has 10 nitrogen and oxygen atoms in total. The minimum Gasteiger partial charge on any atom is -0.469 e. The molecular formula is C35H44N4O6. The number of aromatic amines is 2. The summed E-state index contributed by atoms with van der Waals surface area (Å²) in [6, 6.07) is -0.107. The Kier molecular flexibility index (Phi) is 10.5. The molecule has 2 aliphatic heterocycles. The first-order chi connectivity index (χ1) is 21.4. The van der Waals surface area contributed by atoms with Crippen molar-refractivity contribution in [2.75, 3.05) is 14.2 Å². The van der Waals surface area contributed by atoms with Gasteiger partial charge in [-0.1, -0.05) is 13.8 Å². The zero-order chi connectivity index (χ0) is 33.0. The van der Waals surface area contributed by atoms with Crippen LogP contribution < -0.4 is 16.0 Å². The highest BCUT2D eigenvalue weighted by atomic mass is 16.5. The van der Waals surface area contributed by atoms with E-state index in [4.69, 9.17) is 9.47 Å². The predicted octanol–water partition coefficient (Wildman–Crippen LogP) is 3.26. The van der Waals surface area contributed by atoms with Crippen molar-refractivity contribution in [3.8, 4) is 0 Å². The molecule has 0 spiro atoms. The third-order valence-corrected chi connectivity index (χ3v) is 9.15. The van der Waals surface area contributed by atoms with Crippen LogP contribution in [0.5, 0.6) is 0 Å². The molecule has 0 saturated carbocycles. The number of methoxy groups -OCH3 is 2. The molecule has 0 bridgehead atoms. The molecule has 2 amide bonds. The van der Waals surface area contributed by atoms with E-state index in [-0.39, 0.29) is 42.6 Å². The second-order valence-corrected chi connectivity index (χ2v) is 11.6. The number of nitrogens with zero attached hydrogens (tertiary/aromatic N) is 1. The molecule has 45 heavy (non-hydrogen) atoms. The zero-order valence-electron chi connectivity index (χ0n) is 27.6. The molecule has 2 aromatic heterocycles. The Labute approximate surface area is 263 Å². The van der Waals surface area contributed by atoms with Gasteiger partial charge in [0.05, 0.1) is 26.0 Å². The summed E-state index contributed by atoms with van der Waals surface area (Å²) in [5, 5.41) is 4.71. The highest BCUT2D eigenvalue weighted by Crippen LogP contribution is 2.27. The first-order valence-electron chi connectivity index (χ1n) is 15.5. The summed E-state index contributed by atoms with van der Waals surface area (Å²) in [4.78, 5) is 60.5. The summed E-state index contributed by atoms with van der Waals surface area (Å²) in [5.74, 6) is -0.870. The molecule has 0 saturated heterocycles. The summed E-state index contributed by atoms with van der Waals surface area (Å²) in [5.41, 5.74) is 9.79. The molecule has 4 rings (SSSR count). The molecule has 0 fully saturated rings. The Bertz CT molecular complexity index is 1760. The van der Waals surface area contributed by atoms with E-state index in [1.54, 1.807) is 6.92 Å². The van der Waals surface area contributed by atoms with Crippen LogP contribution in [-0.2, 0) is 47.9 Å². The number of ether oxygens (including phenoxy) is 2. The highest BCUT2D eigenvalue weighted by molar-refractivity contribution is 6.30. The fourth-order valence-corrected chi connectivity index (χ4v) is 6.37. The molecule has 0 aromatic carbocycles. The molecule has 0 unspecified atom stereocenters. The number of aromatic nitrogens is 2. The third-order valence-electron chi connectivity index (χ3n) is 9.15. The largest absolute Gasteiger partial charge is 0.469 e. The smallest absolute Gasteiger partial charge is 0.305 e. The normalized spacial score (nSPS) is 17.5. The van der Waals surface area contributed by atoms with Gasteiger partial charge in [0, 0.05) is 52.5 Å². The van der Waals surface area contributed by atoms with Gasteiger partial charge < -0.3 is 24.8 Å². The fourth-order valence-electron chi connectivity index (χ4n) is 6.37. The van der Waals surface area contributed by atoms with Gasteiger partial charge in [0.2, 0.25) is 5.91 Å². The number of carbonyl (C=O) groups is 4. The van der Waals surface area contributed by atoms with Crippen molar-refractivity contribution in [2.45, 2.75) is 92.5 Å². The molecular weight excluding hydrogens is 572 g/mol. The third kappa shape index (κ3) is 6.95. The molecule has 0 radical (unpaired) electrons. The van der Waals surface area contributed by atoms with Gasteiger partial charge in [-0.15, -0.1) is 0 Å². The van der Waals surface area contributed by atoms with Crippen molar-refractivity contribution in [3.05, 3.63) is 66.6 Å². The number of nitrogens with one attached hydrogen (secondary N) is 3. The second-order valence-electron chi connectivity index (χ2n) is 11.6. The lowest BCUT2D eigenvalue weighted by molar-refractivity contribution is -0.141. The molecule has 240 valence electrons. The Morgan fingerprint density at radius 1 is 0.822 bits per heavy atom. The van der Waals surface area contributed by atoms with E-state index in [1.807, 2.05) is 39.8 Å². The van der Waals surface area contributed by atoms with E-state index >= 15 is 0 Å². The highest BCUT2D eigenvalue weighted by Gasteiger charge is 2.29. The number of aliphatic imine (C=N–C) groups is 1. The molecule has 1 atom stereocenters. The summed E-state index contributed by atoms with van der Waals surface area (Å²) in [6.45, 7) is 11.7. The summed E-state index contributed by atoms with van der Waals surface area (Å²) in [6.07, 6.45) is 7.28. The minimum atomic E-state index is -0.310. The SMILES string of the molecule is CCC1=C(C)C(=O)N=C1C=c1[nH]c(=Cc2[nH]c(C[C@H]3NC(=O)C(C)=C3CC)c(C)c2CCC(=O)OC)c(CCC(=O)OC)c1C. The zero-order valence-corrected chi connectivity index (χ0v) is 27.6. The van der Waals surface area contributed by atoms with Crippen molar-refractivity contribution in [2.24, 2.45) is 4.99 Å². The standard InChI is InChI=1S/C35H44N4O6/c1-9-22-20(5)34(42)38-28(22)15-26-18(3)24(11-13-32(40)44-7)30(36-26)17-31-25(12-14-33(41)45-8)19(4)27(37-31)16-29-23(10-2)21(6)35(43)39-29/h15,17,29,36-37H,9-14,16H2,1-8H3,(H,39,43)/t29-/m1/s1. The van der Waals surface area contributed by atoms with Gasteiger partial charge in [-0.25, -0.2) is 4.99 Å². The monoisotopic (exact) mass is 616 g/mol. The van der Waals surface area contributed by atoms with E-state index in [0.717, 1.165) is 67.5 Å². The molecule has 0 aliphatic carbocycles. The van der Waals surface area contributed by atoms with Crippen LogP contribution in [0, 0.1) is 13.8 Å². The number of carbonyl (C=O) groups excluding carboxylic acids is 4. The Morgan fingerprint density at radius 3 is 2.07 bits per heavy atom. The molecule has 2 aliphatic rings. The average Bonchev–Trinajstić information content (AvgIpc) is 3.67. The predicted molar refractivity (Wildman–Crippen MR) is 173 cm³/mol. The van der Waals surface area contributed by atoms with Gasteiger partial charge in [-0.2, -0.15) is 0 Å². The minimum absolute atomic E-state index is 0.0375. The van der Waals surface area contributed by atoms with Crippen molar-refractivity contribution in [3.63, 3.8) is 0 Å². The maximum atomic E-state index is 12.4. The molecule has 2 aromatic rings. The van der Waals surface area contributed by atoms with Crippen molar-refractivity contribution in [1.82, 2.24) is 15.3 Å². The number of hydrogen-bond donors (Lipinski definition) is 3. The van der Waals surface area contributed by atoms with Crippen LogP contribution in [-0.4, -0.2) is 59.7 Å². The molecule has 3 N–H and O–H groups in total. The van der Waals surface area contributed by atoms with Crippen LogP contribution in [0.25, 0.3) is 12.2 Å². The van der Waals surface area contributed by atoms with Gasteiger partial charge in [-0.3, -0.25) is 19.2 Å². The van der Waals surface area contributed by atoms with Crippen LogP contribution >= 0.6 is 0 Å². The number of rotatable bonds is 12. The van der Waals surface area contributed by atoms with E-state index in [0.29, 0.717) is 37.0 Å². The number of H-pyrrole nitrogens is 2. The lowest BCUT2D eigenvalue weighted by Crippen LogP contribution is -2.31. The maximum Gasteiger partial charge on any atom is 0.305 e. The Morgan fingerprint density at radius 2 is 1.47 bits per heavy atom. The van der Waals surface area contributed by atoms with E-state index < -0.39 is 0 Å². The van der Waals surface area contributed by atoms with Crippen LogP contribution in [0.3, 0.4) is 0 Å². The van der Waals surface area contributed by atoms with E-state index in [9.17, 15) is 19.2 Å². The number of hydrogen-bond acceptors (Lipinski definition) is 6. The quantitative estimate of drug-likeness (QED) is 0.313. The van der Waals surface area contributed by atoms with Crippen LogP contribution in [0.1, 0.15) is 87.0 Å². The van der Waals surface area contributed by atoms with Gasteiger partial charge in [0.25, 0.3) is 5.91 Å². The Balaban J connectivity index is 1.86. The van der Waals surface area contributed by atoms with Crippen LogP contribution in [0.15, 0.2) is 27.3 Å². The number of amides is 2. The maximum absolute atomic E-state index is 12.4. The molecule has 10 heteroatoms. The molecule has 4 heterocycles. The van der Waals surface area contributed by atoms with Crippen LogP contribution in [0.2, 0.25) is 0 Å². The second kappa shape index (κ2) is 14.1. The Hall–Kier alpha value is -4.47. The number of allylic oxidation sites excluding steroid dienone is 1. The topological polar surface area (TPSA) is 143 Å². The van der Waals surface area contributed by atoms with Gasteiger partial charge in [-0.05, 0) is 98.9 Å². The van der Waals surface area contributed by atoms with Gasteiger partial charge in [0.15, 0.2) is 0 Å². The van der Waals surface area contributed by atoms with Gasteiger partial charge in [0.1, 0.15) is 0 Å². The van der Waals surface area contributed by atoms with Crippen molar-refractivity contribution < 1.29 is 28.7 Å². The average molecular weight is 617 g/mol. The van der Waals surface area contributed by atoms with Crippen molar-refractivity contribution in [1.29, 1.82) is 0 Å². The summed E-state index contributed by atoms with van der Waals surface area (Å²) >= 11 is 0. The van der Waals surface area contributed by atoms with Gasteiger partial charge >= 0.3 is 11.9 Å². The van der Waals surface area contributed by atoms with Crippen molar-refractivity contribution >= 4 is 41.6 Å². The number of esters is 2. The lowest BCUT2D eigenvalue weighted by Gasteiger charge is -2.14. The summed E-state index contributed by atoms with van der Waals surface area (Å²) < 4.78 is 9.85. The summed E-state index contributed by atoms with van der Waals surface area (Å²) in [7, 11) is 2.75. The lowest BCUT2D eigenvalue weighted by atomic mass is 9.96. The van der Waals surface area contributed by atoms with E-state index in [2.05, 4.69) is 27.2 Å².